The number of thiazole rings is 1. The van der Waals surface area contributed by atoms with Gasteiger partial charge in [0.25, 0.3) is 5.19 Å². The lowest BCUT2D eigenvalue weighted by Crippen LogP contribution is -1.84. The van der Waals surface area contributed by atoms with Crippen molar-refractivity contribution in [1.29, 1.82) is 0 Å². The van der Waals surface area contributed by atoms with Gasteiger partial charge in [-0.3, -0.25) is 10.1 Å². The summed E-state index contributed by atoms with van der Waals surface area (Å²) < 4.78 is 18.4. The van der Waals surface area contributed by atoms with Gasteiger partial charge in [0.1, 0.15) is 17.8 Å². The van der Waals surface area contributed by atoms with Gasteiger partial charge in [-0.15, -0.1) is 0 Å². The number of aromatic nitrogens is 1. The highest BCUT2D eigenvalue weighted by atomic mass is 79.9. The van der Waals surface area contributed by atoms with Crippen molar-refractivity contribution < 1.29 is 14.1 Å². The number of ether oxygens (including phenoxy) is 1. The predicted octanol–water partition coefficient (Wildman–Crippen LogP) is 3.75. The number of nitro groups is 1. The smallest absolute Gasteiger partial charge is 0.347 e. The molecule has 0 aliphatic heterocycles. The highest BCUT2D eigenvalue weighted by Crippen LogP contribution is 2.32. The van der Waals surface area contributed by atoms with Crippen LogP contribution in [-0.4, -0.2) is 9.91 Å². The van der Waals surface area contributed by atoms with Crippen LogP contribution >= 0.6 is 27.3 Å². The molecule has 1 aromatic carbocycles. The molecule has 88 valence electrons. The van der Waals surface area contributed by atoms with Crippen LogP contribution in [0.25, 0.3) is 0 Å². The van der Waals surface area contributed by atoms with Crippen LogP contribution in [0.2, 0.25) is 0 Å². The Labute approximate surface area is 107 Å². The van der Waals surface area contributed by atoms with E-state index < -0.39 is 10.7 Å². The zero-order valence-electron chi connectivity index (χ0n) is 8.09. The van der Waals surface area contributed by atoms with Crippen molar-refractivity contribution >= 4 is 32.3 Å². The van der Waals surface area contributed by atoms with E-state index in [0.717, 1.165) is 17.5 Å². The molecule has 0 radical (unpaired) electrons. The monoisotopic (exact) mass is 318 g/mol. The molecule has 2 aromatic rings. The summed E-state index contributed by atoms with van der Waals surface area (Å²) in [5, 5.41) is 10.5. The molecule has 0 spiro atoms. The van der Waals surface area contributed by atoms with E-state index in [1.54, 1.807) is 0 Å². The molecule has 0 aliphatic rings. The molecule has 0 saturated heterocycles. The number of benzene rings is 1. The van der Waals surface area contributed by atoms with Gasteiger partial charge in [-0.2, -0.15) is 0 Å². The Morgan fingerprint density at radius 2 is 2.29 bits per heavy atom. The predicted molar refractivity (Wildman–Crippen MR) is 62.9 cm³/mol. The maximum Gasteiger partial charge on any atom is 0.347 e. The third kappa shape index (κ3) is 2.77. The van der Waals surface area contributed by atoms with E-state index in [9.17, 15) is 14.5 Å². The molecular formula is C9H4BrFN2O3S. The maximum atomic E-state index is 12.9. The highest BCUT2D eigenvalue weighted by Gasteiger charge is 2.13. The minimum absolute atomic E-state index is 0.110. The molecule has 1 aromatic heterocycles. The lowest BCUT2D eigenvalue weighted by Gasteiger charge is -2.01. The van der Waals surface area contributed by atoms with Crippen molar-refractivity contribution in [3.63, 3.8) is 0 Å². The Balaban J connectivity index is 2.19. The third-order valence-electron chi connectivity index (χ3n) is 1.75. The maximum absolute atomic E-state index is 12.9. The topological polar surface area (TPSA) is 65.3 Å². The van der Waals surface area contributed by atoms with Gasteiger partial charge in [-0.05, 0) is 45.5 Å². The van der Waals surface area contributed by atoms with E-state index >= 15 is 0 Å². The van der Waals surface area contributed by atoms with Crippen LogP contribution < -0.4 is 4.74 Å². The van der Waals surface area contributed by atoms with Crippen LogP contribution in [0, 0.1) is 15.9 Å². The quantitative estimate of drug-likeness (QED) is 0.638. The Kier molecular flexibility index (Phi) is 3.34. The molecule has 0 amide bonds. The summed E-state index contributed by atoms with van der Waals surface area (Å²) in [6.07, 6.45) is 1.11. The van der Waals surface area contributed by atoms with Crippen LogP contribution in [0.15, 0.2) is 28.9 Å². The summed E-state index contributed by atoms with van der Waals surface area (Å²) in [7, 11) is 0. The molecule has 17 heavy (non-hydrogen) atoms. The minimum atomic E-state index is -0.550. The van der Waals surface area contributed by atoms with Gasteiger partial charge in [0, 0.05) is 0 Å². The van der Waals surface area contributed by atoms with Gasteiger partial charge in [-0.1, -0.05) is 0 Å². The average molecular weight is 319 g/mol. The third-order valence-corrected chi connectivity index (χ3v) is 3.18. The van der Waals surface area contributed by atoms with Gasteiger partial charge in [0.15, 0.2) is 0 Å². The lowest BCUT2D eigenvalue weighted by molar-refractivity contribution is -0.380. The van der Waals surface area contributed by atoms with E-state index in [2.05, 4.69) is 20.9 Å². The van der Waals surface area contributed by atoms with Crippen LogP contribution in [0.1, 0.15) is 0 Å². The van der Waals surface area contributed by atoms with E-state index in [1.165, 1.54) is 18.2 Å². The van der Waals surface area contributed by atoms with Crippen LogP contribution in [-0.2, 0) is 0 Å². The first-order valence-electron chi connectivity index (χ1n) is 4.29. The number of halogens is 2. The summed E-state index contributed by atoms with van der Waals surface area (Å²) in [6.45, 7) is 0. The molecule has 0 unspecified atom stereocenters. The van der Waals surface area contributed by atoms with Crippen molar-refractivity contribution in [2.75, 3.05) is 0 Å². The molecule has 0 fully saturated rings. The average Bonchev–Trinajstić information content (AvgIpc) is 2.72. The molecule has 5 nitrogen and oxygen atoms in total. The lowest BCUT2D eigenvalue weighted by atomic mass is 10.3. The van der Waals surface area contributed by atoms with Crippen molar-refractivity contribution in [1.82, 2.24) is 4.98 Å². The van der Waals surface area contributed by atoms with E-state index in [1.807, 2.05) is 0 Å². The zero-order valence-corrected chi connectivity index (χ0v) is 10.5. The van der Waals surface area contributed by atoms with E-state index in [4.69, 9.17) is 4.74 Å². The summed E-state index contributed by atoms with van der Waals surface area (Å²) >= 11 is 3.81. The second kappa shape index (κ2) is 4.76. The summed E-state index contributed by atoms with van der Waals surface area (Å²) in [5.74, 6) is -0.0648. The van der Waals surface area contributed by atoms with Gasteiger partial charge >= 0.3 is 5.00 Å². The van der Waals surface area contributed by atoms with Gasteiger partial charge in [0.2, 0.25) is 0 Å². The second-order valence-electron chi connectivity index (χ2n) is 2.90. The Morgan fingerprint density at radius 3 is 2.88 bits per heavy atom. The SMILES string of the molecule is O=[N+]([O-])c1cnc(Oc2ccc(F)c(Br)c2)s1. The number of hydrogen-bond acceptors (Lipinski definition) is 5. The fraction of sp³-hybridized carbons (Fsp3) is 0. The molecule has 0 atom stereocenters. The molecular weight excluding hydrogens is 315 g/mol. The van der Waals surface area contributed by atoms with Crippen molar-refractivity contribution in [3.05, 3.63) is 44.8 Å². The standard InChI is InChI=1S/C9H4BrFN2O3S/c10-6-3-5(1-2-7(6)11)16-9-12-4-8(17-9)13(14)15/h1-4H. The summed E-state index contributed by atoms with van der Waals surface area (Å²) in [6, 6.07) is 4.05. The second-order valence-corrected chi connectivity index (χ2v) is 4.73. The van der Waals surface area contributed by atoms with Crippen LogP contribution in [0.4, 0.5) is 9.39 Å². The molecule has 0 aliphatic carbocycles. The number of nitrogens with zero attached hydrogens (tertiary/aromatic N) is 2. The van der Waals surface area contributed by atoms with Gasteiger partial charge in [0.05, 0.1) is 9.40 Å². The first-order chi connectivity index (χ1) is 8.06. The highest BCUT2D eigenvalue weighted by molar-refractivity contribution is 9.10. The number of hydrogen-bond donors (Lipinski definition) is 0. The minimum Gasteiger partial charge on any atom is -0.431 e. The number of rotatable bonds is 3. The molecule has 0 saturated carbocycles. The van der Waals surface area contributed by atoms with Gasteiger partial charge in [-0.25, -0.2) is 9.37 Å². The zero-order chi connectivity index (χ0) is 12.4. The molecule has 0 bridgehead atoms. The molecule has 8 heteroatoms. The molecule has 1 heterocycles. The van der Waals surface area contributed by atoms with Crippen molar-refractivity contribution in [2.45, 2.75) is 0 Å². The Morgan fingerprint density at radius 1 is 1.53 bits per heavy atom. The first-order valence-corrected chi connectivity index (χ1v) is 5.90. The van der Waals surface area contributed by atoms with E-state index in [0.29, 0.717) is 5.75 Å². The molecule has 0 N–H and O–H groups in total. The van der Waals surface area contributed by atoms with E-state index in [-0.39, 0.29) is 14.7 Å². The normalized spacial score (nSPS) is 10.2. The van der Waals surface area contributed by atoms with Gasteiger partial charge < -0.3 is 4.74 Å². The van der Waals surface area contributed by atoms with Crippen molar-refractivity contribution in [2.24, 2.45) is 0 Å². The largest absolute Gasteiger partial charge is 0.431 e. The Hall–Kier alpha value is -1.54. The Bertz CT molecular complexity index is 575. The molecule has 2 rings (SSSR count). The van der Waals surface area contributed by atoms with Crippen LogP contribution in [0.5, 0.6) is 10.9 Å². The fourth-order valence-corrected chi connectivity index (χ4v) is 1.98. The van der Waals surface area contributed by atoms with Crippen LogP contribution in [0.3, 0.4) is 0 Å². The fourth-order valence-electron chi connectivity index (χ4n) is 1.02. The summed E-state index contributed by atoms with van der Waals surface area (Å²) in [4.78, 5) is 13.6. The first kappa shape index (κ1) is 11.9. The summed E-state index contributed by atoms with van der Waals surface area (Å²) in [5.41, 5.74) is 0. The van der Waals surface area contributed by atoms with Crippen molar-refractivity contribution in [3.8, 4) is 10.9 Å².